The first kappa shape index (κ1) is 17.6. The highest BCUT2D eigenvalue weighted by atomic mass is 32.1. The van der Waals surface area contributed by atoms with Gasteiger partial charge in [-0.15, -0.1) is 11.3 Å². The summed E-state index contributed by atoms with van der Waals surface area (Å²) in [6.07, 6.45) is 3.10. The van der Waals surface area contributed by atoms with E-state index in [2.05, 4.69) is 10.3 Å². The second kappa shape index (κ2) is 6.96. The lowest BCUT2D eigenvalue weighted by molar-refractivity contribution is -0.145. The Morgan fingerprint density at radius 1 is 1.36 bits per heavy atom. The van der Waals surface area contributed by atoms with Crippen molar-refractivity contribution < 1.29 is 14.7 Å². The number of hydrogen-bond donors (Lipinski definition) is 2. The van der Waals surface area contributed by atoms with E-state index >= 15 is 0 Å². The zero-order valence-electron chi connectivity index (χ0n) is 14.4. The van der Waals surface area contributed by atoms with Crippen LogP contribution in [0, 0.1) is 12.8 Å². The van der Waals surface area contributed by atoms with Gasteiger partial charge in [0.1, 0.15) is 0 Å². The lowest BCUT2D eigenvalue weighted by atomic mass is 9.73. The van der Waals surface area contributed by atoms with Crippen LogP contribution in [0.5, 0.6) is 0 Å². The predicted octanol–water partition coefficient (Wildman–Crippen LogP) is 3.88. The molecule has 0 saturated heterocycles. The Kier molecular flexibility index (Phi) is 4.90. The third-order valence-electron chi connectivity index (χ3n) is 4.94. The van der Waals surface area contributed by atoms with Crippen LogP contribution in [-0.4, -0.2) is 27.5 Å². The van der Waals surface area contributed by atoms with Gasteiger partial charge < -0.3 is 10.4 Å². The van der Waals surface area contributed by atoms with Crippen molar-refractivity contribution in [1.29, 1.82) is 0 Å². The second-order valence-electron chi connectivity index (χ2n) is 6.84. The van der Waals surface area contributed by atoms with E-state index in [1.54, 1.807) is 17.4 Å². The third-order valence-corrected chi connectivity index (χ3v) is 5.72. The summed E-state index contributed by atoms with van der Waals surface area (Å²) in [5.41, 5.74) is 1.55. The van der Waals surface area contributed by atoms with Gasteiger partial charge in [-0.3, -0.25) is 9.59 Å². The Morgan fingerprint density at radius 3 is 2.84 bits per heavy atom. The molecule has 1 amide bonds. The van der Waals surface area contributed by atoms with Crippen LogP contribution in [0.25, 0.3) is 11.3 Å². The largest absolute Gasteiger partial charge is 0.481 e. The zero-order valence-corrected chi connectivity index (χ0v) is 15.2. The van der Waals surface area contributed by atoms with Crippen LogP contribution in [0.1, 0.15) is 48.0 Å². The maximum absolute atomic E-state index is 12.8. The molecule has 2 unspecified atom stereocenters. The summed E-state index contributed by atoms with van der Waals surface area (Å²) in [5.74, 6) is -1.62. The molecule has 25 heavy (non-hydrogen) atoms. The van der Waals surface area contributed by atoms with Crippen molar-refractivity contribution in [2.24, 2.45) is 5.92 Å². The fourth-order valence-corrected chi connectivity index (χ4v) is 4.15. The molecular formula is C19H22N2O3S. The number of carbonyl (C=O) groups excluding carboxylic acids is 1. The molecule has 6 heteroatoms. The van der Waals surface area contributed by atoms with E-state index < -0.39 is 17.4 Å². The van der Waals surface area contributed by atoms with E-state index in [0.717, 1.165) is 29.1 Å². The third kappa shape index (κ3) is 3.74. The Hall–Kier alpha value is -2.21. The number of aliphatic carboxylic acids is 1. The summed E-state index contributed by atoms with van der Waals surface area (Å²) in [4.78, 5) is 28.8. The summed E-state index contributed by atoms with van der Waals surface area (Å²) >= 11 is 1.57. The van der Waals surface area contributed by atoms with Crippen molar-refractivity contribution in [1.82, 2.24) is 10.3 Å². The van der Waals surface area contributed by atoms with Crippen molar-refractivity contribution in [2.45, 2.75) is 45.1 Å². The van der Waals surface area contributed by atoms with E-state index in [1.165, 1.54) is 0 Å². The quantitative estimate of drug-likeness (QED) is 0.869. The van der Waals surface area contributed by atoms with Gasteiger partial charge >= 0.3 is 5.97 Å². The Morgan fingerprint density at radius 2 is 2.16 bits per heavy atom. The molecule has 5 nitrogen and oxygen atoms in total. The van der Waals surface area contributed by atoms with E-state index in [-0.39, 0.29) is 5.91 Å². The van der Waals surface area contributed by atoms with Gasteiger partial charge in [-0.05, 0) is 38.8 Å². The number of nitrogens with one attached hydrogen (secondary N) is 1. The molecule has 1 aliphatic carbocycles. The minimum absolute atomic E-state index is 0.232. The standard InChI is InChI=1S/C19H22N2O3S/c1-12-20-16(11-25-12)13-6-5-7-14(10-13)17(22)21-19(2)9-4-3-8-15(19)18(23)24/h5-7,10-11,15H,3-4,8-9H2,1-2H3,(H,21,22)(H,23,24). The van der Waals surface area contributed by atoms with Crippen LogP contribution in [-0.2, 0) is 4.79 Å². The van der Waals surface area contributed by atoms with Crippen molar-refractivity contribution >= 4 is 23.2 Å². The number of amides is 1. The van der Waals surface area contributed by atoms with Gasteiger partial charge in [0.15, 0.2) is 0 Å². The molecule has 2 atom stereocenters. The lowest BCUT2D eigenvalue weighted by Gasteiger charge is -2.39. The molecule has 2 N–H and O–H groups in total. The Balaban J connectivity index is 1.82. The normalized spacial score (nSPS) is 23.2. The second-order valence-corrected chi connectivity index (χ2v) is 7.90. The molecule has 1 aromatic heterocycles. The first-order chi connectivity index (χ1) is 11.9. The van der Waals surface area contributed by atoms with Crippen LogP contribution in [0.3, 0.4) is 0 Å². The fourth-order valence-electron chi connectivity index (χ4n) is 3.53. The molecule has 0 radical (unpaired) electrons. The van der Waals surface area contributed by atoms with Gasteiger partial charge in [0.25, 0.3) is 5.91 Å². The van der Waals surface area contributed by atoms with Crippen LogP contribution in [0.4, 0.5) is 0 Å². The van der Waals surface area contributed by atoms with Gasteiger partial charge in [0, 0.05) is 16.5 Å². The van der Waals surface area contributed by atoms with E-state index in [0.29, 0.717) is 18.4 Å². The van der Waals surface area contributed by atoms with Crippen molar-refractivity contribution in [3.8, 4) is 11.3 Å². The van der Waals surface area contributed by atoms with E-state index in [9.17, 15) is 14.7 Å². The highest BCUT2D eigenvalue weighted by Gasteiger charge is 2.42. The van der Waals surface area contributed by atoms with Gasteiger partial charge in [-0.1, -0.05) is 25.0 Å². The molecule has 0 aliphatic heterocycles. The number of carboxylic acids is 1. The summed E-state index contributed by atoms with van der Waals surface area (Å²) in [5, 5.41) is 15.4. The minimum Gasteiger partial charge on any atom is -0.481 e. The van der Waals surface area contributed by atoms with Crippen molar-refractivity contribution in [3.05, 3.63) is 40.2 Å². The molecule has 1 aromatic carbocycles. The molecule has 132 valence electrons. The maximum atomic E-state index is 12.8. The SMILES string of the molecule is Cc1nc(-c2cccc(C(=O)NC3(C)CCCCC3C(=O)O)c2)cs1. The van der Waals surface area contributed by atoms with Crippen LogP contribution in [0.2, 0.25) is 0 Å². The molecular weight excluding hydrogens is 336 g/mol. The van der Waals surface area contributed by atoms with E-state index in [4.69, 9.17) is 0 Å². The number of hydrogen-bond acceptors (Lipinski definition) is 4. The van der Waals surface area contributed by atoms with Crippen LogP contribution < -0.4 is 5.32 Å². The zero-order chi connectivity index (χ0) is 18.0. The average Bonchev–Trinajstić information content (AvgIpc) is 3.01. The molecule has 1 aliphatic rings. The summed E-state index contributed by atoms with van der Waals surface area (Å²) in [6.45, 7) is 3.79. The van der Waals surface area contributed by atoms with Crippen LogP contribution >= 0.6 is 11.3 Å². The van der Waals surface area contributed by atoms with Gasteiger partial charge in [0.05, 0.1) is 22.2 Å². The molecule has 0 spiro atoms. The monoisotopic (exact) mass is 358 g/mol. The Labute approximate surface area is 151 Å². The number of carbonyl (C=O) groups is 2. The fraction of sp³-hybridized carbons (Fsp3) is 0.421. The number of nitrogens with zero attached hydrogens (tertiary/aromatic N) is 1. The first-order valence-corrected chi connectivity index (χ1v) is 9.35. The lowest BCUT2D eigenvalue weighted by Crippen LogP contribution is -2.55. The first-order valence-electron chi connectivity index (χ1n) is 8.47. The average molecular weight is 358 g/mol. The molecule has 2 aromatic rings. The number of aryl methyl sites for hydroxylation is 1. The summed E-state index contributed by atoms with van der Waals surface area (Å²) in [6, 6.07) is 7.32. The highest BCUT2D eigenvalue weighted by molar-refractivity contribution is 7.09. The summed E-state index contributed by atoms with van der Waals surface area (Å²) < 4.78 is 0. The Bertz CT molecular complexity index is 801. The van der Waals surface area contributed by atoms with Gasteiger partial charge in [-0.25, -0.2) is 4.98 Å². The molecule has 1 saturated carbocycles. The maximum Gasteiger partial charge on any atom is 0.308 e. The van der Waals surface area contributed by atoms with Crippen LogP contribution in [0.15, 0.2) is 29.6 Å². The molecule has 0 bridgehead atoms. The minimum atomic E-state index is -0.839. The van der Waals surface area contributed by atoms with Gasteiger partial charge in [-0.2, -0.15) is 0 Å². The molecule has 1 fully saturated rings. The summed E-state index contributed by atoms with van der Waals surface area (Å²) in [7, 11) is 0. The highest BCUT2D eigenvalue weighted by Crippen LogP contribution is 2.34. The number of thiazole rings is 1. The number of benzene rings is 1. The smallest absolute Gasteiger partial charge is 0.308 e. The van der Waals surface area contributed by atoms with Crippen molar-refractivity contribution in [3.63, 3.8) is 0 Å². The molecule has 3 rings (SSSR count). The number of carboxylic acid groups (broad SMARTS) is 1. The predicted molar refractivity (Wildman–Crippen MR) is 97.8 cm³/mol. The molecule has 1 heterocycles. The van der Waals surface area contributed by atoms with Crippen molar-refractivity contribution in [2.75, 3.05) is 0 Å². The number of rotatable bonds is 4. The topological polar surface area (TPSA) is 79.3 Å². The van der Waals surface area contributed by atoms with E-state index in [1.807, 2.05) is 37.4 Å². The van der Waals surface area contributed by atoms with Gasteiger partial charge in [0.2, 0.25) is 0 Å². The number of aromatic nitrogens is 1.